The molecule has 6 nitrogen and oxygen atoms in total. The third-order valence-corrected chi connectivity index (χ3v) is 5.44. The summed E-state index contributed by atoms with van der Waals surface area (Å²) in [7, 11) is 0. The smallest absolute Gasteiger partial charge is 0.303 e. The van der Waals surface area contributed by atoms with Gasteiger partial charge >= 0.3 is 5.97 Å². The van der Waals surface area contributed by atoms with E-state index in [0.29, 0.717) is 13.0 Å². The van der Waals surface area contributed by atoms with Crippen molar-refractivity contribution in [1.82, 2.24) is 5.43 Å². The molecule has 6 heteroatoms. The highest BCUT2D eigenvalue weighted by atomic mass is 16.4. The number of carbonyl (C=O) groups is 2. The average molecular weight is 407 g/mol. The molecule has 0 fully saturated rings. The first-order valence-electron chi connectivity index (χ1n) is 10.7. The number of carboxylic acids is 1. The summed E-state index contributed by atoms with van der Waals surface area (Å²) in [4.78, 5) is 22.6. The van der Waals surface area contributed by atoms with Gasteiger partial charge in [0.25, 0.3) is 0 Å². The van der Waals surface area contributed by atoms with Crippen LogP contribution in [0.25, 0.3) is 0 Å². The number of aliphatic hydroxyl groups excluding tert-OH is 1. The minimum Gasteiger partial charge on any atom is -0.481 e. The second kappa shape index (κ2) is 12.6. The molecule has 1 rings (SSSR count). The highest BCUT2D eigenvalue weighted by Crippen LogP contribution is 2.31. The molecule has 0 spiro atoms. The predicted octanol–water partition coefficient (Wildman–Crippen LogP) is 4.41. The van der Waals surface area contributed by atoms with Crippen LogP contribution in [0.2, 0.25) is 0 Å². The molecule has 0 aliphatic carbocycles. The summed E-state index contributed by atoms with van der Waals surface area (Å²) in [6.07, 6.45) is 6.00. The number of hydrogen-bond acceptors (Lipinski definition) is 4. The second-order valence-electron chi connectivity index (χ2n) is 8.25. The van der Waals surface area contributed by atoms with E-state index in [1.165, 1.54) is 6.92 Å². The Kier molecular flexibility index (Phi) is 10.9. The van der Waals surface area contributed by atoms with Gasteiger partial charge in [-0.25, -0.2) is 10.4 Å². The van der Waals surface area contributed by atoms with Gasteiger partial charge in [-0.3, -0.25) is 9.59 Å². The van der Waals surface area contributed by atoms with Crippen LogP contribution in [0.3, 0.4) is 0 Å². The van der Waals surface area contributed by atoms with Crippen LogP contribution in [-0.2, 0) is 15.0 Å². The molecule has 164 valence electrons. The second-order valence-corrected chi connectivity index (χ2v) is 8.25. The zero-order valence-electron chi connectivity index (χ0n) is 18.4. The molecule has 0 saturated heterocycles. The van der Waals surface area contributed by atoms with Crippen molar-refractivity contribution >= 4 is 17.6 Å². The summed E-state index contributed by atoms with van der Waals surface area (Å²) >= 11 is 0. The maximum Gasteiger partial charge on any atom is 0.303 e. The molecule has 29 heavy (non-hydrogen) atoms. The Bertz CT molecular complexity index is 628. The van der Waals surface area contributed by atoms with Crippen LogP contribution in [0.15, 0.2) is 24.3 Å². The molecule has 0 aromatic heterocycles. The van der Waals surface area contributed by atoms with Gasteiger partial charge in [0.05, 0.1) is 11.8 Å². The summed E-state index contributed by atoms with van der Waals surface area (Å²) < 4.78 is 0. The van der Waals surface area contributed by atoms with Crippen LogP contribution >= 0.6 is 0 Å². The van der Waals surface area contributed by atoms with Gasteiger partial charge in [-0.1, -0.05) is 58.6 Å². The number of unbranched alkanes of at least 4 members (excludes halogenated alkanes) is 4. The van der Waals surface area contributed by atoms with E-state index >= 15 is 0 Å². The third kappa shape index (κ3) is 8.54. The minimum atomic E-state index is -0.754. The molecule has 1 atom stereocenters. The lowest BCUT2D eigenvalue weighted by Gasteiger charge is -2.32. The average Bonchev–Trinajstić information content (AvgIpc) is 2.67. The molecule has 1 unspecified atom stereocenters. The lowest BCUT2D eigenvalue weighted by atomic mass is 9.77. The van der Waals surface area contributed by atoms with Crippen LogP contribution in [-0.4, -0.2) is 34.7 Å². The highest BCUT2D eigenvalue weighted by Gasteiger charge is 2.29. The fourth-order valence-corrected chi connectivity index (χ4v) is 3.32. The van der Waals surface area contributed by atoms with Crippen molar-refractivity contribution in [3.8, 4) is 0 Å². The number of nitrogens with one attached hydrogen (secondary N) is 1. The van der Waals surface area contributed by atoms with Crippen LogP contribution in [0.1, 0.15) is 84.6 Å². The van der Waals surface area contributed by atoms with Crippen LogP contribution < -0.4 is 10.4 Å². The predicted molar refractivity (Wildman–Crippen MR) is 117 cm³/mol. The maximum atomic E-state index is 12.1. The Morgan fingerprint density at radius 1 is 1.07 bits per heavy atom. The van der Waals surface area contributed by atoms with E-state index < -0.39 is 12.1 Å². The van der Waals surface area contributed by atoms with E-state index in [1.54, 1.807) is 5.01 Å². The quantitative estimate of drug-likeness (QED) is 0.315. The van der Waals surface area contributed by atoms with Crippen molar-refractivity contribution < 1.29 is 19.8 Å². The van der Waals surface area contributed by atoms with Crippen LogP contribution in [0.5, 0.6) is 0 Å². The number of benzene rings is 1. The van der Waals surface area contributed by atoms with E-state index in [4.69, 9.17) is 5.11 Å². The molecule has 3 N–H and O–H groups in total. The van der Waals surface area contributed by atoms with Crippen molar-refractivity contribution in [3.63, 3.8) is 0 Å². The SMILES string of the molecule is CCCCC(O)C(C)(C)c1ccc(N(NCCCCCCC(=O)O)C(C)=O)cc1. The summed E-state index contributed by atoms with van der Waals surface area (Å²) in [5.41, 5.74) is 4.63. The highest BCUT2D eigenvalue weighted by molar-refractivity contribution is 5.90. The minimum absolute atomic E-state index is 0.0918. The lowest BCUT2D eigenvalue weighted by Crippen LogP contribution is -2.42. The number of hydrogen-bond donors (Lipinski definition) is 3. The zero-order chi connectivity index (χ0) is 21.9. The molecular weight excluding hydrogens is 368 g/mol. The topological polar surface area (TPSA) is 89.9 Å². The molecule has 1 aromatic carbocycles. The molecule has 0 saturated carbocycles. The molecule has 1 amide bonds. The number of anilines is 1. The summed E-state index contributed by atoms with van der Waals surface area (Å²) in [6, 6.07) is 7.78. The normalized spacial score (nSPS) is 12.6. The largest absolute Gasteiger partial charge is 0.481 e. The van der Waals surface area contributed by atoms with E-state index in [-0.39, 0.29) is 17.7 Å². The van der Waals surface area contributed by atoms with Gasteiger partial charge < -0.3 is 10.2 Å². The Hall–Kier alpha value is -1.92. The number of aliphatic hydroxyl groups is 1. The van der Waals surface area contributed by atoms with Gasteiger partial charge in [0.1, 0.15) is 0 Å². The molecule has 0 aliphatic rings. The number of carbonyl (C=O) groups excluding carboxylic acids is 1. The van der Waals surface area contributed by atoms with Crippen LogP contribution in [0.4, 0.5) is 5.69 Å². The maximum absolute atomic E-state index is 12.1. The molecule has 0 heterocycles. The Balaban J connectivity index is 2.62. The summed E-state index contributed by atoms with van der Waals surface area (Å²) in [5, 5.41) is 20.7. The van der Waals surface area contributed by atoms with E-state index in [2.05, 4.69) is 12.3 Å². The van der Waals surface area contributed by atoms with Crippen molar-refractivity contribution in [2.75, 3.05) is 11.6 Å². The standard InChI is InChI=1S/C23H38N2O4/c1-5-6-11-21(27)23(3,4)19-13-15-20(16-14-19)25(18(2)26)24-17-10-8-7-9-12-22(28)29/h13-16,21,24,27H,5-12,17H2,1-4H3,(H,28,29). The molecule has 1 aromatic rings. The number of rotatable bonds is 14. The Morgan fingerprint density at radius 2 is 1.69 bits per heavy atom. The lowest BCUT2D eigenvalue weighted by molar-refractivity contribution is -0.137. The van der Waals surface area contributed by atoms with E-state index in [9.17, 15) is 14.7 Å². The van der Waals surface area contributed by atoms with Crippen molar-refractivity contribution in [1.29, 1.82) is 0 Å². The fourth-order valence-electron chi connectivity index (χ4n) is 3.32. The van der Waals surface area contributed by atoms with Crippen molar-refractivity contribution in [3.05, 3.63) is 29.8 Å². The molecule has 0 radical (unpaired) electrons. The van der Waals surface area contributed by atoms with Gasteiger partial charge in [0.15, 0.2) is 0 Å². The van der Waals surface area contributed by atoms with E-state index in [0.717, 1.165) is 49.8 Å². The molecular formula is C23H38N2O4. The first-order valence-corrected chi connectivity index (χ1v) is 10.7. The molecule has 0 bridgehead atoms. The monoisotopic (exact) mass is 406 g/mol. The molecule has 0 aliphatic heterocycles. The van der Waals surface area contributed by atoms with Gasteiger partial charge in [-0.05, 0) is 37.0 Å². The van der Waals surface area contributed by atoms with Gasteiger partial charge in [-0.15, -0.1) is 0 Å². The number of aliphatic carboxylic acids is 1. The fraction of sp³-hybridized carbons (Fsp3) is 0.652. The number of nitrogens with zero attached hydrogens (tertiary/aromatic N) is 1. The van der Waals surface area contributed by atoms with Gasteiger partial charge in [0.2, 0.25) is 5.91 Å². The van der Waals surface area contributed by atoms with Crippen LogP contribution in [0, 0.1) is 0 Å². The van der Waals surface area contributed by atoms with Crippen molar-refractivity contribution in [2.24, 2.45) is 0 Å². The Morgan fingerprint density at radius 3 is 2.24 bits per heavy atom. The number of carboxylic acid groups (broad SMARTS) is 1. The first-order chi connectivity index (χ1) is 13.7. The summed E-state index contributed by atoms with van der Waals surface area (Å²) in [6.45, 7) is 8.39. The summed E-state index contributed by atoms with van der Waals surface area (Å²) in [5.74, 6) is -0.846. The number of hydrazine groups is 1. The van der Waals surface area contributed by atoms with Gasteiger partial charge in [-0.2, -0.15) is 0 Å². The number of amides is 1. The van der Waals surface area contributed by atoms with Crippen molar-refractivity contribution in [2.45, 2.75) is 90.6 Å². The first kappa shape index (κ1) is 25.1. The third-order valence-electron chi connectivity index (χ3n) is 5.44. The zero-order valence-corrected chi connectivity index (χ0v) is 18.4. The van der Waals surface area contributed by atoms with E-state index in [1.807, 2.05) is 38.1 Å². The Labute approximate surface area is 175 Å². The van der Waals surface area contributed by atoms with Gasteiger partial charge in [0, 0.05) is 25.3 Å².